The first-order chi connectivity index (χ1) is 9.13. The summed E-state index contributed by atoms with van der Waals surface area (Å²) in [6.45, 7) is 0. The van der Waals surface area contributed by atoms with E-state index in [-0.39, 0.29) is 17.1 Å². The molecule has 3 rings (SSSR count). The van der Waals surface area contributed by atoms with Crippen molar-refractivity contribution in [1.82, 2.24) is 4.90 Å². The first-order valence-corrected chi connectivity index (χ1v) is 6.57. The highest BCUT2D eigenvalue weighted by Gasteiger charge is 2.44. The summed E-state index contributed by atoms with van der Waals surface area (Å²) in [6.07, 6.45) is 5.67. The summed E-state index contributed by atoms with van der Waals surface area (Å²) >= 11 is 0. The molecule has 19 heavy (non-hydrogen) atoms. The third kappa shape index (κ3) is 1.77. The molecule has 98 valence electrons. The molecule has 0 aromatic heterocycles. The molecule has 1 aliphatic carbocycles. The number of aliphatic hydroxyl groups is 1. The number of allylic oxidation sites excluding steroid dienone is 3. The molecule has 3 nitrogen and oxygen atoms in total. The van der Waals surface area contributed by atoms with E-state index in [0.717, 1.165) is 18.5 Å². The number of hydrogen-bond donors (Lipinski definition) is 1. The van der Waals surface area contributed by atoms with Gasteiger partial charge in [0.05, 0.1) is 0 Å². The van der Waals surface area contributed by atoms with Crippen LogP contribution in [-0.4, -0.2) is 23.0 Å². The molecule has 1 aliphatic heterocycles. The Labute approximate surface area is 112 Å². The molecule has 0 bridgehead atoms. The Bertz CT molecular complexity index is 574. The Balaban J connectivity index is 2.14. The summed E-state index contributed by atoms with van der Waals surface area (Å²) in [4.78, 5) is 13.6. The fourth-order valence-electron chi connectivity index (χ4n) is 3.16. The number of carbonyl (C=O) groups is 1. The van der Waals surface area contributed by atoms with Crippen LogP contribution in [0.25, 0.3) is 0 Å². The molecule has 2 aliphatic rings. The van der Waals surface area contributed by atoms with E-state index in [1.165, 1.54) is 5.56 Å². The predicted molar refractivity (Wildman–Crippen MR) is 73.5 cm³/mol. The monoisotopic (exact) mass is 255 g/mol. The van der Waals surface area contributed by atoms with Gasteiger partial charge < -0.3 is 10.0 Å². The molecule has 3 heteroatoms. The fourth-order valence-corrected chi connectivity index (χ4v) is 3.16. The Hall–Kier alpha value is -2.03. The number of benzene rings is 1. The molecule has 1 saturated heterocycles. The number of hydrogen-bond acceptors (Lipinski definition) is 2. The largest absolute Gasteiger partial charge is 0.508 e. The number of likely N-dealkylation sites (N-methyl/N-ethyl adjacent to an activating group) is 1. The Kier molecular flexibility index (Phi) is 2.70. The number of fused-ring (bicyclic) bond motifs is 1. The lowest BCUT2D eigenvalue weighted by Gasteiger charge is -2.45. The van der Waals surface area contributed by atoms with Crippen molar-refractivity contribution in [2.45, 2.75) is 24.7 Å². The van der Waals surface area contributed by atoms with Gasteiger partial charge in [-0.1, -0.05) is 30.3 Å². The van der Waals surface area contributed by atoms with Crippen molar-refractivity contribution >= 4 is 5.91 Å². The van der Waals surface area contributed by atoms with Gasteiger partial charge in [0.2, 0.25) is 5.91 Å². The molecule has 1 aromatic rings. The summed E-state index contributed by atoms with van der Waals surface area (Å²) in [5, 5.41) is 9.76. The molecule has 1 N–H and O–H groups in total. The lowest BCUT2D eigenvalue weighted by molar-refractivity contribution is -0.131. The van der Waals surface area contributed by atoms with Gasteiger partial charge in [0.25, 0.3) is 0 Å². The number of piperidine rings is 1. The van der Waals surface area contributed by atoms with Gasteiger partial charge in [0.15, 0.2) is 0 Å². The second kappa shape index (κ2) is 4.26. The number of aliphatic hydroxyl groups excluding tert-OH is 1. The van der Waals surface area contributed by atoms with Crippen molar-refractivity contribution in [3.05, 3.63) is 59.5 Å². The molecule has 1 heterocycles. The molecule has 1 amide bonds. The van der Waals surface area contributed by atoms with Crippen LogP contribution in [0.3, 0.4) is 0 Å². The Morgan fingerprint density at radius 2 is 2.00 bits per heavy atom. The first kappa shape index (κ1) is 12.0. The molecule has 0 saturated carbocycles. The third-order valence-electron chi connectivity index (χ3n) is 4.26. The maximum Gasteiger partial charge on any atom is 0.226 e. The minimum atomic E-state index is -0.170. The smallest absolute Gasteiger partial charge is 0.226 e. The van der Waals surface area contributed by atoms with E-state index in [0.29, 0.717) is 6.42 Å². The standard InChI is InChI=1S/C16H17NO2/c1-17-14-11-13(18)7-9-16(14,10-8-15(17)19)12-5-3-2-4-6-12/h2-7,11,18H,8-10H2,1H3/t16-/m0/s1. The van der Waals surface area contributed by atoms with Gasteiger partial charge in [-0.15, -0.1) is 0 Å². The topological polar surface area (TPSA) is 40.5 Å². The Morgan fingerprint density at radius 1 is 1.26 bits per heavy atom. The van der Waals surface area contributed by atoms with Crippen molar-refractivity contribution in [1.29, 1.82) is 0 Å². The normalized spacial score (nSPS) is 26.6. The lowest BCUT2D eigenvalue weighted by Crippen LogP contribution is -2.45. The van der Waals surface area contributed by atoms with Crippen LogP contribution in [0.2, 0.25) is 0 Å². The summed E-state index contributed by atoms with van der Waals surface area (Å²) in [5.41, 5.74) is 1.95. The predicted octanol–water partition coefficient (Wildman–Crippen LogP) is 2.91. The number of carbonyl (C=O) groups excluding carboxylic acids is 1. The van der Waals surface area contributed by atoms with Crippen molar-refractivity contribution in [2.75, 3.05) is 7.05 Å². The zero-order chi connectivity index (χ0) is 13.5. The average Bonchev–Trinajstić information content (AvgIpc) is 2.45. The minimum absolute atomic E-state index is 0.118. The lowest BCUT2D eigenvalue weighted by atomic mass is 9.67. The van der Waals surface area contributed by atoms with Crippen LogP contribution < -0.4 is 0 Å². The zero-order valence-electron chi connectivity index (χ0n) is 11.0. The Morgan fingerprint density at radius 3 is 2.74 bits per heavy atom. The summed E-state index contributed by atoms with van der Waals surface area (Å²) in [5.74, 6) is 0.371. The second-order valence-corrected chi connectivity index (χ2v) is 5.26. The minimum Gasteiger partial charge on any atom is -0.508 e. The highest BCUT2D eigenvalue weighted by atomic mass is 16.3. The van der Waals surface area contributed by atoms with Gasteiger partial charge in [-0.25, -0.2) is 0 Å². The molecule has 1 atom stereocenters. The molecule has 0 unspecified atom stereocenters. The van der Waals surface area contributed by atoms with Crippen LogP contribution in [0, 0.1) is 0 Å². The number of amides is 1. The van der Waals surface area contributed by atoms with Crippen LogP contribution in [0.4, 0.5) is 0 Å². The number of likely N-dealkylation sites (tertiary alicyclic amines) is 1. The van der Waals surface area contributed by atoms with Gasteiger partial charge in [-0.05, 0) is 24.5 Å². The molecule has 1 aromatic carbocycles. The van der Waals surface area contributed by atoms with Gasteiger partial charge in [-0.2, -0.15) is 0 Å². The number of rotatable bonds is 1. The maximum absolute atomic E-state index is 11.9. The van der Waals surface area contributed by atoms with E-state index in [1.807, 2.05) is 24.3 Å². The second-order valence-electron chi connectivity index (χ2n) is 5.26. The van der Waals surface area contributed by atoms with Gasteiger partial charge in [-0.3, -0.25) is 4.79 Å². The van der Waals surface area contributed by atoms with E-state index in [2.05, 4.69) is 12.1 Å². The maximum atomic E-state index is 11.9. The van der Waals surface area contributed by atoms with Crippen LogP contribution in [0.5, 0.6) is 0 Å². The highest BCUT2D eigenvalue weighted by Crippen LogP contribution is 2.47. The fraction of sp³-hybridized carbons (Fsp3) is 0.312. The summed E-state index contributed by atoms with van der Waals surface area (Å²) in [7, 11) is 1.80. The van der Waals surface area contributed by atoms with E-state index < -0.39 is 0 Å². The van der Waals surface area contributed by atoms with Crippen LogP contribution in [0.1, 0.15) is 24.8 Å². The summed E-state index contributed by atoms with van der Waals surface area (Å²) in [6, 6.07) is 10.3. The molecule has 0 radical (unpaired) electrons. The van der Waals surface area contributed by atoms with Gasteiger partial charge in [0, 0.05) is 30.7 Å². The van der Waals surface area contributed by atoms with Crippen LogP contribution in [-0.2, 0) is 10.2 Å². The quantitative estimate of drug-likeness (QED) is 0.838. The van der Waals surface area contributed by atoms with Crippen LogP contribution >= 0.6 is 0 Å². The molecular formula is C16H17NO2. The molecule has 0 spiro atoms. The van der Waals surface area contributed by atoms with E-state index in [1.54, 1.807) is 18.0 Å². The van der Waals surface area contributed by atoms with Gasteiger partial charge in [0.1, 0.15) is 5.76 Å². The van der Waals surface area contributed by atoms with Crippen molar-refractivity contribution in [3.8, 4) is 0 Å². The van der Waals surface area contributed by atoms with Crippen LogP contribution in [0.15, 0.2) is 53.9 Å². The van der Waals surface area contributed by atoms with E-state index in [4.69, 9.17) is 0 Å². The van der Waals surface area contributed by atoms with Crippen molar-refractivity contribution in [2.24, 2.45) is 0 Å². The molecule has 1 fully saturated rings. The van der Waals surface area contributed by atoms with Crippen molar-refractivity contribution in [3.63, 3.8) is 0 Å². The zero-order valence-corrected chi connectivity index (χ0v) is 11.0. The average molecular weight is 255 g/mol. The first-order valence-electron chi connectivity index (χ1n) is 6.57. The van der Waals surface area contributed by atoms with E-state index in [9.17, 15) is 9.90 Å². The third-order valence-corrected chi connectivity index (χ3v) is 4.26. The van der Waals surface area contributed by atoms with Gasteiger partial charge >= 0.3 is 0 Å². The highest BCUT2D eigenvalue weighted by molar-refractivity contribution is 5.80. The molecular weight excluding hydrogens is 238 g/mol. The van der Waals surface area contributed by atoms with E-state index >= 15 is 0 Å². The number of nitrogens with zero attached hydrogens (tertiary/aromatic N) is 1. The SMILES string of the molecule is CN1C(=O)CC[C@]2(c3ccccc3)CC=C(O)C=C12. The van der Waals surface area contributed by atoms with Crippen molar-refractivity contribution < 1.29 is 9.90 Å². The summed E-state index contributed by atoms with van der Waals surface area (Å²) < 4.78 is 0.